The zero-order valence-electron chi connectivity index (χ0n) is 19.8. The van der Waals surface area contributed by atoms with Gasteiger partial charge in [-0.15, -0.1) is 0 Å². The Morgan fingerprint density at radius 3 is 2.66 bits per heavy atom. The average molecular weight is 484 g/mol. The van der Waals surface area contributed by atoms with Crippen molar-refractivity contribution in [3.05, 3.63) is 35.9 Å². The largest absolute Gasteiger partial charge is 0.491 e. The van der Waals surface area contributed by atoms with Crippen LogP contribution < -0.4 is 16.1 Å². The van der Waals surface area contributed by atoms with Crippen LogP contribution in [0.1, 0.15) is 26.5 Å². The van der Waals surface area contributed by atoms with Gasteiger partial charge in [0.15, 0.2) is 5.82 Å². The lowest BCUT2D eigenvalue weighted by Crippen LogP contribution is -2.34. The molecule has 0 aliphatic carbocycles. The zero-order chi connectivity index (χ0) is 25.5. The first kappa shape index (κ1) is 24.4. The molecule has 0 spiro atoms. The Kier molecular flexibility index (Phi) is 6.39. The fraction of sp³-hybridized carbons (Fsp3) is 0.364. The van der Waals surface area contributed by atoms with Crippen LogP contribution in [0.4, 0.5) is 26.5 Å². The first-order chi connectivity index (χ1) is 16.4. The maximum Gasteiger partial charge on any atom is 0.491 e. The third-order valence-corrected chi connectivity index (χ3v) is 5.43. The number of halogens is 1. The molecule has 0 atom stereocenters. The van der Waals surface area contributed by atoms with Crippen LogP contribution >= 0.6 is 0 Å². The molecule has 0 unspecified atom stereocenters. The Bertz CT molecular complexity index is 1310. The van der Waals surface area contributed by atoms with Crippen LogP contribution in [0.15, 0.2) is 24.4 Å². The molecule has 1 aromatic carbocycles. The molecular weight excluding hydrogens is 458 g/mol. The van der Waals surface area contributed by atoms with Crippen molar-refractivity contribution >= 4 is 52.7 Å². The van der Waals surface area contributed by atoms with Crippen molar-refractivity contribution in [1.29, 1.82) is 0 Å². The number of hydrogen-bond donors (Lipinski definition) is 4. The first-order valence-corrected chi connectivity index (χ1v) is 11.0. The molecule has 11 nitrogen and oxygen atoms in total. The van der Waals surface area contributed by atoms with Crippen LogP contribution in [0.5, 0.6) is 0 Å². The van der Waals surface area contributed by atoms with Gasteiger partial charge < -0.3 is 25.0 Å². The number of pyridine rings is 1. The molecule has 1 aliphatic rings. The lowest BCUT2D eigenvalue weighted by molar-refractivity contribution is -0.130. The van der Waals surface area contributed by atoms with E-state index in [1.807, 2.05) is 6.07 Å². The highest BCUT2D eigenvalue weighted by molar-refractivity contribution is 6.59. The second-order valence-electron chi connectivity index (χ2n) is 9.31. The molecule has 2 amide bonds. The van der Waals surface area contributed by atoms with Gasteiger partial charge in [-0.25, -0.2) is 14.2 Å². The lowest BCUT2D eigenvalue weighted by atomic mass is 9.78. The van der Waals surface area contributed by atoms with E-state index in [1.165, 1.54) is 12.3 Å². The summed E-state index contributed by atoms with van der Waals surface area (Å²) < 4.78 is 21.9. The van der Waals surface area contributed by atoms with Gasteiger partial charge in [0.1, 0.15) is 23.8 Å². The number of carbonyl (C=O) groups excluding carboxylic acids is 2. The number of amides is 2. The van der Waals surface area contributed by atoms with Gasteiger partial charge in [-0.05, 0) is 32.2 Å². The Morgan fingerprint density at radius 2 is 1.97 bits per heavy atom. The second kappa shape index (κ2) is 9.15. The molecule has 1 aliphatic heterocycles. The molecule has 3 aromatic rings. The average Bonchev–Trinajstić information content (AvgIpc) is 3.07. The highest BCUT2D eigenvalue weighted by atomic mass is 19.1. The summed E-state index contributed by atoms with van der Waals surface area (Å²) in [5, 5.41) is 29.8. The zero-order valence-corrected chi connectivity index (χ0v) is 19.8. The Labute approximate surface area is 201 Å². The van der Waals surface area contributed by atoms with Crippen molar-refractivity contribution < 1.29 is 28.8 Å². The minimum atomic E-state index is -2.11. The predicted octanol–water partition coefficient (Wildman–Crippen LogP) is 1.36. The third-order valence-electron chi connectivity index (χ3n) is 5.43. The van der Waals surface area contributed by atoms with Gasteiger partial charge in [-0.2, -0.15) is 5.10 Å². The van der Waals surface area contributed by atoms with Crippen LogP contribution in [0.2, 0.25) is 0 Å². The van der Waals surface area contributed by atoms with Crippen LogP contribution in [0, 0.1) is 5.82 Å². The second-order valence-corrected chi connectivity index (χ2v) is 9.31. The van der Waals surface area contributed by atoms with E-state index in [-0.39, 0.29) is 23.5 Å². The molecule has 0 bridgehead atoms. The van der Waals surface area contributed by atoms with Crippen molar-refractivity contribution in [2.45, 2.75) is 39.3 Å². The molecule has 0 saturated heterocycles. The fourth-order valence-electron chi connectivity index (χ4n) is 3.72. The van der Waals surface area contributed by atoms with E-state index in [4.69, 9.17) is 4.74 Å². The summed E-state index contributed by atoms with van der Waals surface area (Å²) in [4.78, 5) is 30.3. The molecule has 2 aromatic heterocycles. The number of hydrogen-bond acceptors (Lipinski definition) is 8. The summed E-state index contributed by atoms with van der Waals surface area (Å²) in [5.74, 6) is -0.221. The molecule has 184 valence electrons. The van der Waals surface area contributed by atoms with Crippen molar-refractivity contribution in [3.8, 4) is 0 Å². The van der Waals surface area contributed by atoms with E-state index in [2.05, 4.69) is 20.7 Å². The number of fused-ring (bicyclic) bond motifs is 2. The van der Waals surface area contributed by atoms with Gasteiger partial charge in [-0.3, -0.25) is 14.8 Å². The highest BCUT2D eigenvalue weighted by Crippen LogP contribution is 2.28. The van der Waals surface area contributed by atoms with E-state index in [1.54, 1.807) is 43.5 Å². The summed E-state index contributed by atoms with van der Waals surface area (Å²) in [6.07, 6.45) is 1.10. The van der Waals surface area contributed by atoms with E-state index in [0.29, 0.717) is 30.0 Å². The van der Waals surface area contributed by atoms with Gasteiger partial charge in [0.25, 0.3) is 0 Å². The number of ether oxygens (including phenoxy) is 1. The lowest BCUT2D eigenvalue weighted by Gasteiger charge is -2.21. The molecule has 0 saturated carbocycles. The third kappa shape index (κ3) is 5.36. The van der Waals surface area contributed by atoms with E-state index in [0.717, 1.165) is 5.69 Å². The minimum absolute atomic E-state index is 0.0376. The topological polar surface area (TPSA) is 142 Å². The Morgan fingerprint density at radius 1 is 1.23 bits per heavy atom. The van der Waals surface area contributed by atoms with Gasteiger partial charge in [0.05, 0.1) is 5.69 Å². The summed E-state index contributed by atoms with van der Waals surface area (Å²) in [6, 6.07) is 4.64. The number of nitrogens with one attached hydrogen (secondary N) is 2. The van der Waals surface area contributed by atoms with E-state index < -0.39 is 30.1 Å². The fourth-order valence-corrected chi connectivity index (χ4v) is 3.72. The van der Waals surface area contributed by atoms with Crippen LogP contribution in [-0.4, -0.2) is 68.0 Å². The minimum Gasteiger partial charge on any atom is -0.444 e. The first-order valence-electron chi connectivity index (χ1n) is 11.0. The molecule has 0 fully saturated rings. The number of benzene rings is 1. The number of rotatable bonds is 4. The van der Waals surface area contributed by atoms with Crippen molar-refractivity contribution in [2.75, 3.05) is 24.2 Å². The molecule has 13 heteroatoms. The quantitative estimate of drug-likeness (QED) is 0.407. The van der Waals surface area contributed by atoms with Crippen LogP contribution in [0.3, 0.4) is 0 Å². The Hall–Kier alpha value is -3.71. The van der Waals surface area contributed by atoms with Crippen molar-refractivity contribution in [1.82, 2.24) is 19.7 Å². The van der Waals surface area contributed by atoms with E-state index in [9.17, 15) is 19.6 Å². The van der Waals surface area contributed by atoms with Gasteiger partial charge >= 0.3 is 13.2 Å². The van der Waals surface area contributed by atoms with E-state index >= 15 is 4.39 Å². The SMILES string of the molecule is CN1CCc2cc(Nc3cc4cc(B(O)O)c(F)c(NC(=O)OC(C)(C)C)c4cn3)nn2CC1=O. The van der Waals surface area contributed by atoms with Gasteiger partial charge in [0, 0.05) is 48.8 Å². The van der Waals surface area contributed by atoms with Crippen molar-refractivity contribution in [3.63, 3.8) is 0 Å². The Balaban J connectivity index is 1.67. The number of aromatic nitrogens is 3. The molecule has 3 heterocycles. The van der Waals surface area contributed by atoms with Gasteiger partial charge in [0.2, 0.25) is 5.91 Å². The summed E-state index contributed by atoms with van der Waals surface area (Å²) in [6.45, 7) is 5.72. The maximum atomic E-state index is 15.0. The van der Waals surface area contributed by atoms with Crippen LogP contribution in [-0.2, 0) is 22.5 Å². The van der Waals surface area contributed by atoms with Crippen molar-refractivity contribution in [2.24, 2.45) is 0 Å². The summed E-state index contributed by atoms with van der Waals surface area (Å²) in [5.41, 5.74) is -0.627. The monoisotopic (exact) mass is 484 g/mol. The highest BCUT2D eigenvalue weighted by Gasteiger charge is 2.25. The normalized spacial score (nSPS) is 13.9. The molecular formula is C22H26BFN6O5. The maximum absolute atomic E-state index is 15.0. The molecule has 0 radical (unpaired) electrons. The number of carbonyl (C=O) groups is 2. The van der Waals surface area contributed by atoms with Crippen LogP contribution in [0.25, 0.3) is 10.8 Å². The summed E-state index contributed by atoms with van der Waals surface area (Å²) in [7, 11) is -0.359. The molecule has 4 rings (SSSR count). The molecule has 4 N–H and O–H groups in total. The number of anilines is 3. The summed E-state index contributed by atoms with van der Waals surface area (Å²) >= 11 is 0. The smallest absolute Gasteiger partial charge is 0.444 e. The molecule has 35 heavy (non-hydrogen) atoms. The predicted molar refractivity (Wildman–Crippen MR) is 128 cm³/mol. The van der Waals surface area contributed by atoms with Gasteiger partial charge in [-0.1, -0.05) is 6.07 Å². The number of likely N-dealkylation sites (N-methyl/N-ethyl adjacent to an activating group) is 1. The standard InChI is InChI=1S/C22H26BFN6O5/c1-22(2,3)35-21(32)27-20-14-10-25-16(8-12(14)7-15(19(20)24)23(33)34)26-17-9-13-5-6-29(4)18(31)11-30(13)28-17/h7-10,33-34H,5-6,11H2,1-4H3,(H,27,32)(H,25,26,28). The number of nitrogens with zero attached hydrogens (tertiary/aromatic N) is 4.